The van der Waals surface area contributed by atoms with Crippen molar-refractivity contribution in [2.45, 2.75) is 4.90 Å². The van der Waals surface area contributed by atoms with Crippen molar-refractivity contribution in [2.24, 2.45) is 5.10 Å². The van der Waals surface area contributed by atoms with E-state index >= 15 is 0 Å². The van der Waals surface area contributed by atoms with Crippen LogP contribution in [0.15, 0.2) is 70.7 Å². The first-order chi connectivity index (χ1) is 16.1. The zero-order valence-corrected chi connectivity index (χ0v) is 19.6. The van der Waals surface area contributed by atoms with Crippen LogP contribution in [0, 0.1) is 10.1 Å². The molecule has 10 nitrogen and oxygen atoms in total. The maximum atomic E-state index is 12.6. The molecule has 3 aromatic rings. The van der Waals surface area contributed by atoms with Gasteiger partial charge in [0.15, 0.2) is 11.5 Å². The molecule has 176 valence electrons. The first-order valence-electron chi connectivity index (χ1n) is 9.26. The van der Waals surface area contributed by atoms with E-state index in [9.17, 15) is 23.3 Å². The molecule has 34 heavy (non-hydrogen) atoms. The molecule has 3 rings (SSSR count). The second kappa shape index (κ2) is 10.5. The Hall–Kier alpha value is -3.67. The van der Waals surface area contributed by atoms with Gasteiger partial charge in [0.1, 0.15) is 4.90 Å². The van der Waals surface area contributed by atoms with Crippen molar-refractivity contribution >= 4 is 51.1 Å². The fourth-order valence-corrected chi connectivity index (χ4v) is 4.13. The molecule has 0 aromatic heterocycles. The molecule has 0 heterocycles. The molecule has 0 saturated heterocycles. The van der Waals surface area contributed by atoms with Gasteiger partial charge in [0, 0.05) is 17.2 Å². The van der Waals surface area contributed by atoms with Gasteiger partial charge in [-0.25, -0.2) is 5.43 Å². The smallest absolute Gasteiger partial charge is 0.339 e. The Balaban J connectivity index is 1.76. The van der Waals surface area contributed by atoms with E-state index in [1.165, 1.54) is 61.9 Å². The third kappa shape index (κ3) is 6.01. The zero-order chi connectivity index (χ0) is 24.9. The van der Waals surface area contributed by atoms with Crippen LogP contribution in [0.5, 0.6) is 11.5 Å². The fourth-order valence-electron chi connectivity index (χ4n) is 2.65. The first kappa shape index (κ1) is 25.0. The maximum absolute atomic E-state index is 12.6. The second-order valence-electron chi connectivity index (χ2n) is 6.53. The van der Waals surface area contributed by atoms with E-state index in [0.717, 1.165) is 12.1 Å². The summed E-state index contributed by atoms with van der Waals surface area (Å²) in [6.45, 7) is 0. The predicted molar refractivity (Wildman–Crippen MR) is 125 cm³/mol. The first-order valence-corrected chi connectivity index (χ1v) is 11.4. The highest BCUT2D eigenvalue weighted by Gasteiger charge is 2.22. The summed E-state index contributed by atoms with van der Waals surface area (Å²) in [5, 5.41) is 15.3. The number of hydrazone groups is 1. The number of amides is 1. The number of non-ortho nitro benzene ring substituents is 1. The number of hydrogen-bond acceptors (Lipinski definition) is 8. The van der Waals surface area contributed by atoms with Crippen LogP contribution in [-0.4, -0.2) is 32.6 Å². The van der Waals surface area contributed by atoms with Crippen LogP contribution < -0.4 is 14.3 Å². The largest absolute Gasteiger partial charge is 0.493 e. The Bertz CT molecular complexity index is 1390. The molecule has 0 spiro atoms. The number of benzene rings is 3. The summed E-state index contributed by atoms with van der Waals surface area (Å²) in [5.41, 5.74) is 2.54. The van der Waals surface area contributed by atoms with Gasteiger partial charge < -0.3 is 8.92 Å². The predicted octanol–water partition coefficient (Wildman–Crippen LogP) is 4.44. The van der Waals surface area contributed by atoms with Gasteiger partial charge in [0.05, 0.1) is 28.8 Å². The molecule has 0 saturated carbocycles. The topological polar surface area (TPSA) is 137 Å². The lowest BCUT2D eigenvalue weighted by molar-refractivity contribution is -0.385. The number of carbonyl (C=O) groups is 1. The molecule has 0 aliphatic carbocycles. The lowest BCUT2D eigenvalue weighted by Crippen LogP contribution is -2.18. The van der Waals surface area contributed by atoms with Crippen LogP contribution in [0.1, 0.15) is 15.9 Å². The zero-order valence-electron chi connectivity index (χ0n) is 17.3. The summed E-state index contributed by atoms with van der Waals surface area (Å²) in [5.74, 6) is -0.666. The molecule has 1 N–H and O–H groups in total. The van der Waals surface area contributed by atoms with Crippen LogP contribution in [0.2, 0.25) is 10.0 Å². The van der Waals surface area contributed by atoms with Gasteiger partial charge in [-0.3, -0.25) is 14.9 Å². The van der Waals surface area contributed by atoms with Crippen LogP contribution in [0.3, 0.4) is 0 Å². The van der Waals surface area contributed by atoms with E-state index in [4.69, 9.17) is 32.1 Å². The van der Waals surface area contributed by atoms with Gasteiger partial charge >= 0.3 is 10.1 Å². The highest BCUT2D eigenvalue weighted by molar-refractivity contribution is 7.87. The van der Waals surface area contributed by atoms with Gasteiger partial charge in [-0.1, -0.05) is 29.3 Å². The van der Waals surface area contributed by atoms with Gasteiger partial charge in [-0.15, -0.1) is 0 Å². The fraction of sp³-hybridized carbons (Fsp3) is 0.0476. The van der Waals surface area contributed by atoms with E-state index in [0.29, 0.717) is 10.6 Å². The molecule has 13 heteroatoms. The van der Waals surface area contributed by atoms with E-state index in [1.807, 2.05) is 0 Å². The average molecular weight is 524 g/mol. The molecule has 0 radical (unpaired) electrons. The third-order valence-corrected chi connectivity index (χ3v) is 6.04. The number of nitrogens with one attached hydrogen (secondary N) is 1. The number of ether oxygens (including phenoxy) is 1. The summed E-state index contributed by atoms with van der Waals surface area (Å²) in [6.07, 6.45) is 1.29. The minimum Gasteiger partial charge on any atom is -0.493 e. The van der Waals surface area contributed by atoms with Crippen molar-refractivity contribution in [3.8, 4) is 11.5 Å². The maximum Gasteiger partial charge on any atom is 0.339 e. The minimum atomic E-state index is -4.38. The normalized spacial score (nSPS) is 11.3. The van der Waals surface area contributed by atoms with Crippen LogP contribution in [0.25, 0.3) is 0 Å². The van der Waals surface area contributed by atoms with Gasteiger partial charge in [-0.05, 0) is 48.0 Å². The van der Waals surface area contributed by atoms with Gasteiger partial charge in [0.2, 0.25) is 0 Å². The van der Waals surface area contributed by atoms with Crippen molar-refractivity contribution in [3.05, 3.63) is 92.0 Å². The monoisotopic (exact) mass is 523 g/mol. The summed E-state index contributed by atoms with van der Waals surface area (Å²) < 4.78 is 35.4. The number of carbonyl (C=O) groups excluding carboxylic acids is 1. The number of halogens is 2. The molecule has 1 amide bonds. The van der Waals surface area contributed by atoms with Crippen LogP contribution >= 0.6 is 23.2 Å². The SMILES string of the molecule is COc1cc(/C=N\NC(=O)c2ccc(Cl)cc2Cl)ccc1OS(=O)(=O)c1cccc([N+](=O)[O-])c1. The number of methoxy groups -OCH3 is 1. The summed E-state index contributed by atoms with van der Waals surface area (Å²) >= 11 is 11.8. The van der Waals surface area contributed by atoms with Crippen molar-refractivity contribution in [1.82, 2.24) is 5.43 Å². The Morgan fingerprint density at radius 1 is 1.09 bits per heavy atom. The Morgan fingerprint density at radius 2 is 1.85 bits per heavy atom. The lowest BCUT2D eigenvalue weighted by Gasteiger charge is -2.11. The van der Waals surface area contributed by atoms with Crippen LogP contribution in [0.4, 0.5) is 5.69 Å². The third-order valence-electron chi connectivity index (χ3n) is 4.26. The standard InChI is InChI=1S/C21H15Cl2N3O7S/c1-32-20-9-13(12-24-25-21(27)17-7-6-14(22)10-18(17)23)5-8-19(20)33-34(30,31)16-4-2-3-15(11-16)26(28)29/h2-12H,1H3,(H,25,27)/b24-12-. The van der Waals surface area contributed by atoms with Crippen molar-refractivity contribution in [1.29, 1.82) is 0 Å². The number of nitro benzene ring substituents is 1. The van der Waals surface area contributed by atoms with E-state index in [-0.39, 0.29) is 22.1 Å². The van der Waals surface area contributed by atoms with Crippen molar-refractivity contribution < 1.29 is 27.1 Å². The van der Waals surface area contributed by atoms with Gasteiger partial charge in [-0.2, -0.15) is 13.5 Å². The molecule has 0 atom stereocenters. The van der Waals surface area contributed by atoms with E-state index in [2.05, 4.69) is 10.5 Å². The van der Waals surface area contributed by atoms with E-state index in [1.54, 1.807) is 0 Å². The number of rotatable bonds is 8. The Morgan fingerprint density at radius 3 is 2.53 bits per heavy atom. The number of hydrogen-bond donors (Lipinski definition) is 1. The molecule has 0 aliphatic heterocycles. The molecular formula is C21H15Cl2N3O7S. The molecular weight excluding hydrogens is 509 g/mol. The number of nitro groups is 1. The van der Waals surface area contributed by atoms with Gasteiger partial charge in [0.25, 0.3) is 11.6 Å². The molecule has 3 aromatic carbocycles. The Kier molecular flexibility index (Phi) is 7.72. The Labute approximate surface area is 204 Å². The quantitative estimate of drug-likeness (QED) is 0.199. The molecule has 0 unspecified atom stereocenters. The highest BCUT2D eigenvalue weighted by atomic mass is 35.5. The summed E-state index contributed by atoms with van der Waals surface area (Å²) in [4.78, 5) is 22.0. The highest BCUT2D eigenvalue weighted by Crippen LogP contribution is 2.31. The second-order valence-corrected chi connectivity index (χ2v) is 8.92. The molecule has 0 aliphatic rings. The summed E-state index contributed by atoms with van der Waals surface area (Å²) in [6, 6.07) is 13.0. The molecule has 0 bridgehead atoms. The number of nitrogens with zero attached hydrogens (tertiary/aromatic N) is 2. The van der Waals surface area contributed by atoms with Crippen LogP contribution in [-0.2, 0) is 10.1 Å². The van der Waals surface area contributed by atoms with Crippen molar-refractivity contribution in [3.63, 3.8) is 0 Å². The lowest BCUT2D eigenvalue weighted by atomic mass is 10.2. The van der Waals surface area contributed by atoms with E-state index < -0.39 is 31.5 Å². The minimum absolute atomic E-state index is 0.0463. The summed E-state index contributed by atoms with van der Waals surface area (Å²) in [7, 11) is -3.08. The average Bonchev–Trinajstić information content (AvgIpc) is 2.79. The molecule has 0 fully saturated rings. The van der Waals surface area contributed by atoms with Crippen molar-refractivity contribution in [2.75, 3.05) is 7.11 Å².